The van der Waals surface area contributed by atoms with E-state index in [2.05, 4.69) is 29.8 Å². The van der Waals surface area contributed by atoms with Crippen LogP contribution in [0, 0.1) is 5.92 Å². The van der Waals surface area contributed by atoms with Crippen LogP contribution in [-0.2, 0) is 0 Å². The van der Waals surface area contributed by atoms with Crippen LogP contribution in [0.5, 0.6) is 0 Å². The van der Waals surface area contributed by atoms with E-state index in [0.29, 0.717) is 5.92 Å². The molecule has 16 heavy (non-hydrogen) atoms. The molecule has 1 nitrogen and oxygen atoms in total. The van der Waals surface area contributed by atoms with Gasteiger partial charge in [-0.3, -0.25) is 0 Å². The number of halogens is 2. The van der Waals surface area contributed by atoms with E-state index in [1.165, 1.54) is 12.8 Å². The normalized spacial score (nSPS) is 13.1. The van der Waals surface area contributed by atoms with Crippen LogP contribution in [0.3, 0.4) is 0 Å². The van der Waals surface area contributed by atoms with Crippen LogP contribution in [0.15, 0.2) is 22.7 Å². The highest BCUT2D eigenvalue weighted by Gasteiger charge is 2.14. The molecule has 0 heterocycles. The maximum atomic E-state index is 6.23. The Morgan fingerprint density at radius 2 is 1.94 bits per heavy atom. The van der Waals surface area contributed by atoms with Crippen LogP contribution in [0.1, 0.15) is 44.7 Å². The summed E-state index contributed by atoms with van der Waals surface area (Å²) in [5.41, 5.74) is 7.34. The van der Waals surface area contributed by atoms with Crippen LogP contribution in [0.4, 0.5) is 0 Å². The molecule has 1 aromatic carbocycles. The van der Waals surface area contributed by atoms with Crippen LogP contribution in [0.25, 0.3) is 0 Å². The molecule has 0 saturated carbocycles. The van der Waals surface area contributed by atoms with Crippen molar-refractivity contribution in [2.24, 2.45) is 11.7 Å². The zero-order valence-electron chi connectivity index (χ0n) is 9.84. The minimum absolute atomic E-state index is 0.0676. The molecular weight excluding hydrogens is 286 g/mol. The van der Waals surface area contributed by atoms with Gasteiger partial charge in [0.1, 0.15) is 0 Å². The Hall–Kier alpha value is -0.0500. The highest BCUT2D eigenvalue weighted by Crippen LogP contribution is 2.30. The Kier molecular flexibility index (Phi) is 5.81. The molecule has 0 saturated heterocycles. The van der Waals surface area contributed by atoms with E-state index in [1.807, 2.05) is 18.2 Å². The first-order valence-electron chi connectivity index (χ1n) is 5.79. The highest BCUT2D eigenvalue weighted by molar-refractivity contribution is 9.10. The van der Waals surface area contributed by atoms with Crippen LogP contribution in [0.2, 0.25) is 5.02 Å². The third-order valence-corrected chi connectivity index (χ3v) is 4.06. The van der Waals surface area contributed by atoms with Gasteiger partial charge in [0.25, 0.3) is 0 Å². The lowest BCUT2D eigenvalue weighted by Gasteiger charge is -2.19. The summed E-state index contributed by atoms with van der Waals surface area (Å²) < 4.78 is 1.05. The van der Waals surface area contributed by atoms with Gasteiger partial charge in [-0.2, -0.15) is 0 Å². The molecule has 2 N–H and O–H groups in total. The summed E-state index contributed by atoms with van der Waals surface area (Å²) in [5, 5.41) is 0.748. The van der Waals surface area contributed by atoms with E-state index in [9.17, 15) is 0 Å². The number of benzene rings is 1. The molecule has 1 aromatic rings. The Morgan fingerprint density at radius 3 is 2.50 bits per heavy atom. The lowest BCUT2D eigenvalue weighted by atomic mass is 9.92. The molecule has 0 aliphatic heterocycles. The highest BCUT2D eigenvalue weighted by atomic mass is 79.9. The van der Waals surface area contributed by atoms with E-state index in [4.69, 9.17) is 17.3 Å². The molecule has 1 atom stereocenters. The van der Waals surface area contributed by atoms with Gasteiger partial charge in [-0.1, -0.05) is 54.2 Å². The maximum absolute atomic E-state index is 6.23. The molecule has 0 aliphatic carbocycles. The van der Waals surface area contributed by atoms with E-state index in [0.717, 1.165) is 21.5 Å². The number of hydrogen-bond acceptors (Lipinski definition) is 1. The van der Waals surface area contributed by atoms with E-state index >= 15 is 0 Å². The predicted octanol–water partition coefficient (Wildman–Crippen LogP) is 4.93. The third kappa shape index (κ3) is 3.76. The van der Waals surface area contributed by atoms with Crippen molar-refractivity contribution in [3.05, 3.63) is 33.3 Å². The summed E-state index contributed by atoms with van der Waals surface area (Å²) in [6.45, 7) is 4.43. The maximum Gasteiger partial charge on any atom is 0.0410 e. The number of hydrogen-bond donors (Lipinski definition) is 1. The Labute approximate surface area is 111 Å². The zero-order chi connectivity index (χ0) is 12.1. The summed E-state index contributed by atoms with van der Waals surface area (Å²) in [6.07, 6.45) is 3.39. The van der Waals surface area contributed by atoms with Crippen molar-refractivity contribution in [3.63, 3.8) is 0 Å². The molecule has 1 unspecified atom stereocenters. The Balaban J connectivity index is 2.79. The van der Waals surface area contributed by atoms with Crippen molar-refractivity contribution in [2.75, 3.05) is 0 Å². The van der Waals surface area contributed by atoms with Gasteiger partial charge >= 0.3 is 0 Å². The van der Waals surface area contributed by atoms with Crippen LogP contribution < -0.4 is 5.73 Å². The fraction of sp³-hybridized carbons (Fsp3) is 0.538. The molecule has 90 valence electrons. The monoisotopic (exact) mass is 303 g/mol. The predicted molar refractivity (Wildman–Crippen MR) is 74.8 cm³/mol. The van der Waals surface area contributed by atoms with Crippen molar-refractivity contribution in [1.82, 2.24) is 0 Å². The van der Waals surface area contributed by atoms with Crippen LogP contribution in [-0.4, -0.2) is 0 Å². The van der Waals surface area contributed by atoms with Crippen molar-refractivity contribution >= 4 is 27.5 Å². The third-order valence-electron chi connectivity index (χ3n) is 3.10. The summed E-state index contributed by atoms with van der Waals surface area (Å²) in [4.78, 5) is 0. The quantitative estimate of drug-likeness (QED) is 0.820. The summed E-state index contributed by atoms with van der Waals surface area (Å²) in [6, 6.07) is 5.86. The van der Waals surface area contributed by atoms with Crippen molar-refractivity contribution in [1.29, 1.82) is 0 Å². The second kappa shape index (κ2) is 6.63. The van der Waals surface area contributed by atoms with Gasteiger partial charge < -0.3 is 5.73 Å². The Bertz CT molecular complexity index is 337. The zero-order valence-corrected chi connectivity index (χ0v) is 12.2. The SMILES string of the molecule is CCC(CC)CC(N)c1cc(Cl)ccc1Br. The van der Waals surface area contributed by atoms with E-state index in [-0.39, 0.29) is 6.04 Å². The standard InChI is InChI=1S/C13H19BrClN/c1-3-9(4-2)7-13(16)11-8-10(15)5-6-12(11)14/h5-6,8-9,13H,3-4,7,16H2,1-2H3. The van der Waals surface area contributed by atoms with Gasteiger partial charge in [0.2, 0.25) is 0 Å². The lowest BCUT2D eigenvalue weighted by molar-refractivity contribution is 0.414. The van der Waals surface area contributed by atoms with Crippen LogP contribution >= 0.6 is 27.5 Å². The first-order chi connectivity index (χ1) is 7.58. The molecule has 0 amide bonds. The fourth-order valence-corrected chi connectivity index (χ4v) is 2.63. The van der Waals surface area contributed by atoms with Gasteiger partial charge in [0.15, 0.2) is 0 Å². The summed E-state index contributed by atoms with van der Waals surface area (Å²) in [7, 11) is 0. The summed E-state index contributed by atoms with van der Waals surface area (Å²) >= 11 is 9.51. The number of nitrogens with two attached hydrogens (primary N) is 1. The second-order valence-corrected chi connectivity index (χ2v) is 5.48. The van der Waals surface area contributed by atoms with Gasteiger partial charge in [-0.15, -0.1) is 0 Å². The molecule has 0 aliphatic rings. The Morgan fingerprint density at radius 1 is 1.31 bits per heavy atom. The fourth-order valence-electron chi connectivity index (χ4n) is 1.91. The van der Waals surface area contributed by atoms with Crippen molar-refractivity contribution in [3.8, 4) is 0 Å². The van der Waals surface area contributed by atoms with E-state index in [1.54, 1.807) is 0 Å². The molecule has 0 spiro atoms. The molecule has 0 radical (unpaired) electrons. The molecule has 0 bridgehead atoms. The van der Waals surface area contributed by atoms with Gasteiger partial charge in [-0.05, 0) is 36.1 Å². The van der Waals surface area contributed by atoms with Gasteiger partial charge in [0, 0.05) is 15.5 Å². The minimum atomic E-state index is 0.0676. The molecular formula is C13H19BrClN. The lowest BCUT2D eigenvalue weighted by Crippen LogP contribution is -2.15. The van der Waals surface area contributed by atoms with Crippen molar-refractivity contribution in [2.45, 2.75) is 39.2 Å². The second-order valence-electron chi connectivity index (χ2n) is 4.19. The first kappa shape index (κ1) is 14.0. The average molecular weight is 305 g/mol. The number of rotatable bonds is 5. The summed E-state index contributed by atoms with van der Waals surface area (Å²) in [5.74, 6) is 0.695. The van der Waals surface area contributed by atoms with Gasteiger partial charge in [0.05, 0.1) is 0 Å². The minimum Gasteiger partial charge on any atom is -0.324 e. The molecule has 3 heteroatoms. The van der Waals surface area contributed by atoms with Crippen molar-refractivity contribution < 1.29 is 0 Å². The molecule has 1 rings (SSSR count). The first-order valence-corrected chi connectivity index (χ1v) is 6.96. The molecule has 0 aromatic heterocycles. The van der Waals surface area contributed by atoms with E-state index < -0.39 is 0 Å². The topological polar surface area (TPSA) is 26.0 Å². The largest absolute Gasteiger partial charge is 0.324 e. The molecule has 0 fully saturated rings. The van der Waals surface area contributed by atoms with Gasteiger partial charge in [-0.25, -0.2) is 0 Å². The average Bonchev–Trinajstić information content (AvgIpc) is 2.28. The smallest absolute Gasteiger partial charge is 0.0410 e.